The largest absolute Gasteiger partial charge is 0.356 e. The predicted octanol–water partition coefficient (Wildman–Crippen LogP) is 4.79. The first kappa shape index (κ1) is 22.2. The van der Waals surface area contributed by atoms with E-state index in [0.29, 0.717) is 41.3 Å². The Hall–Kier alpha value is -3.56. The fourth-order valence-electron chi connectivity index (χ4n) is 3.51. The lowest BCUT2D eigenvalue weighted by Crippen LogP contribution is -2.24. The van der Waals surface area contributed by atoms with Gasteiger partial charge < -0.3 is 5.32 Å². The molecule has 1 N–H and O–H groups in total. The molecule has 5 aromatic rings. The van der Waals surface area contributed by atoms with Crippen LogP contribution in [-0.4, -0.2) is 24.7 Å². The van der Waals surface area contributed by atoms with Crippen molar-refractivity contribution in [3.8, 4) is 0 Å². The molecule has 0 radical (unpaired) electrons. The van der Waals surface area contributed by atoms with E-state index in [-0.39, 0.29) is 5.56 Å². The van der Waals surface area contributed by atoms with Gasteiger partial charge in [-0.05, 0) is 29.8 Å². The number of thioether (sulfide) groups is 1. The van der Waals surface area contributed by atoms with E-state index < -0.39 is 0 Å². The summed E-state index contributed by atoms with van der Waals surface area (Å²) in [6, 6.07) is 23.5. The number of nitrogens with zero attached hydrogens (tertiary/aromatic N) is 5. The molecule has 0 spiro atoms. The monoisotopic (exact) mass is 486 g/mol. The van der Waals surface area contributed by atoms with Crippen LogP contribution in [0.4, 0.5) is 5.13 Å². The Morgan fingerprint density at radius 3 is 2.62 bits per heavy atom. The molecule has 0 saturated heterocycles. The molecule has 0 amide bonds. The van der Waals surface area contributed by atoms with Crippen molar-refractivity contribution in [3.05, 3.63) is 106 Å². The van der Waals surface area contributed by atoms with Crippen molar-refractivity contribution < 1.29 is 0 Å². The highest BCUT2D eigenvalue weighted by Crippen LogP contribution is 2.26. The Morgan fingerprint density at radius 2 is 1.76 bits per heavy atom. The molecule has 0 saturated carbocycles. The average molecular weight is 487 g/mol. The Bertz CT molecular complexity index is 1440. The number of hydrogen-bond donors (Lipinski definition) is 1. The number of nitrogens with one attached hydrogen (secondary N) is 1. The zero-order chi connectivity index (χ0) is 23.2. The number of anilines is 1. The van der Waals surface area contributed by atoms with Crippen LogP contribution in [0.2, 0.25) is 0 Å². The summed E-state index contributed by atoms with van der Waals surface area (Å²) in [5.74, 6) is 0.582. The lowest BCUT2D eigenvalue weighted by atomic mass is 10.2. The molecular formula is C25H22N6OS2. The summed E-state index contributed by atoms with van der Waals surface area (Å²) < 4.78 is 1.75. The zero-order valence-electron chi connectivity index (χ0n) is 18.3. The minimum Gasteiger partial charge on any atom is -0.356 e. The molecule has 0 bridgehead atoms. The molecule has 0 aliphatic carbocycles. The van der Waals surface area contributed by atoms with Gasteiger partial charge in [0.05, 0.1) is 16.7 Å². The van der Waals surface area contributed by atoms with E-state index in [1.54, 1.807) is 10.8 Å². The summed E-state index contributed by atoms with van der Waals surface area (Å²) in [5.41, 5.74) is 2.79. The van der Waals surface area contributed by atoms with Crippen LogP contribution in [-0.2, 0) is 25.3 Å². The molecule has 9 heteroatoms. The number of aromatic nitrogens is 5. The fraction of sp³-hybridized carbons (Fsp3) is 0.160. The van der Waals surface area contributed by atoms with Gasteiger partial charge >= 0.3 is 0 Å². The number of benzene rings is 2. The average Bonchev–Trinajstić information content (AvgIpc) is 3.35. The lowest BCUT2D eigenvalue weighted by molar-refractivity contribution is 0.590. The molecule has 0 aliphatic rings. The van der Waals surface area contributed by atoms with Crippen LogP contribution in [0, 0.1) is 0 Å². The van der Waals surface area contributed by atoms with Crippen molar-refractivity contribution in [3.63, 3.8) is 0 Å². The smallest absolute Gasteiger partial charge is 0.262 e. The van der Waals surface area contributed by atoms with Gasteiger partial charge in [-0.1, -0.05) is 71.6 Å². The van der Waals surface area contributed by atoms with E-state index in [4.69, 9.17) is 4.98 Å². The van der Waals surface area contributed by atoms with E-state index in [2.05, 4.69) is 32.6 Å². The van der Waals surface area contributed by atoms with Crippen LogP contribution in [0.1, 0.15) is 16.3 Å². The molecule has 2 aromatic carbocycles. The highest BCUT2D eigenvalue weighted by Gasteiger charge is 2.13. The topological polar surface area (TPSA) is 85.6 Å². The standard InChI is InChI=1S/C25H22N6OS2/c32-23-20-11-4-5-12-21(20)28-25(31(23)15-13-19-10-6-7-14-26-19)33-17-22-29-30-24(34-22)27-16-18-8-2-1-3-9-18/h1-12,14H,13,15-17H2,(H,27,30). The Kier molecular flexibility index (Phi) is 6.92. The Morgan fingerprint density at radius 1 is 0.941 bits per heavy atom. The van der Waals surface area contributed by atoms with Gasteiger partial charge in [0.25, 0.3) is 5.56 Å². The quantitative estimate of drug-likeness (QED) is 0.237. The molecule has 0 atom stereocenters. The first-order valence-corrected chi connectivity index (χ1v) is 12.7. The highest BCUT2D eigenvalue weighted by atomic mass is 32.2. The molecule has 7 nitrogen and oxygen atoms in total. The lowest BCUT2D eigenvalue weighted by Gasteiger charge is -2.12. The SMILES string of the molecule is O=c1c2ccccc2nc(SCc2nnc(NCc3ccccc3)s2)n1CCc1ccccn1. The van der Waals surface area contributed by atoms with E-state index in [1.165, 1.54) is 28.7 Å². The third-order valence-corrected chi connectivity index (χ3v) is 7.27. The molecule has 0 unspecified atom stereocenters. The van der Waals surface area contributed by atoms with Crippen LogP contribution >= 0.6 is 23.1 Å². The van der Waals surface area contributed by atoms with E-state index in [0.717, 1.165) is 15.8 Å². The van der Waals surface area contributed by atoms with Crippen molar-refractivity contribution in [2.45, 2.75) is 30.4 Å². The second kappa shape index (κ2) is 10.6. The van der Waals surface area contributed by atoms with Crippen molar-refractivity contribution in [1.82, 2.24) is 24.7 Å². The number of aryl methyl sites for hydroxylation is 1. The minimum atomic E-state index is -0.0356. The maximum atomic E-state index is 13.3. The second-order valence-corrected chi connectivity index (χ2v) is 9.57. The van der Waals surface area contributed by atoms with Crippen molar-refractivity contribution in [1.29, 1.82) is 0 Å². The summed E-state index contributed by atoms with van der Waals surface area (Å²) in [6.07, 6.45) is 2.42. The summed E-state index contributed by atoms with van der Waals surface area (Å²) in [6.45, 7) is 1.21. The normalized spacial score (nSPS) is 11.1. The molecule has 0 fully saturated rings. The summed E-state index contributed by atoms with van der Waals surface area (Å²) in [7, 11) is 0. The summed E-state index contributed by atoms with van der Waals surface area (Å²) >= 11 is 3.02. The number of para-hydroxylation sites is 1. The van der Waals surface area contributed by atoms with Gasteiger partial charge in [-0.25, -0.2) is 4.98 Å². The third-order valence-electron chi connectivity index (χ3n) is 5.22. The van der Waals surface area contributed by atoms with Gasteiger partial charge in [0, 0.05) is 31.4 Å². The van der Waals surface area contributed by atoms with E-state index >= 15 is 0 Å². The predicted molar refractivity (Wildman–Crippen MR) is 137 cm³/mol. The molecule has 34 heavy (non-hydrogen) atoms. The second-order valence-electron chi connectivity index (χ2n) is 7.57. The van der Waals surface area contributed by atoms with Gasteiger partial charge in [0.1, 0.15) is 5.01 Å². The minimum absolute atomic E-state index is 0.0356. The number of fused-ring (bicyclic) bond motifs is 1. The van der Waals surface area contributed by atoms with Crippen molar-refractivity contribution in [2.75, 3.05) is 5.32 Å². The van der Waals surface area contributed by atoms with Crippen LogP contribution in [0.3, 0.4) is 0 Å². The van der Waals surface area contributed by atoms with Crippen molar-refractivity contribution in [2.24, 2.45) is 0 Å². The van der Waals surface area contributed by atoms with Gasteiger partial charge in [0.2, 0.25) is 5.13 Å². The molecule has 0 aliphatic heterocycles. The van der Waals surface area contributed by atoms with E-state index in [1.807, 2.05) is 60.7 Å². The molecule has 3 heterocycles. The van der Waals surface area contributed by atoms with E-state index in [9.17, 15) is 4.79 Å². The third kappa shape index (κ3) is 5.32. The summed E-state index contributed by atoms with van der Waals surface area (Å²) in [4.78, 5) is 22.4. The zero-order valence-corrected chi connectivity index (χ0v) is 19.9. The highest BCUT2D eigenvalue weighted by molar-refractivity contribution is 7.98. The van der Waals surface area contributed by atoms with Crippen LogP contribution in [0.5, 0.6) is 0 Å². The van der Waals surface area contributed by atoms with Crippen LogP contribution < -0.4 is 10.9 Å². The van der Waals surface area contributed by atoms with Crippen molar-refractivity contribution >= 4 is 39.1 Å². The maximum absolute atomic E-state index is 13.3. The number of pyridine rings is 1. The molecule has 5 rings (SSSR count). The van der Waals surface area contributed by atoms with Gasteiger partial charge in [-0.15, -0.1) is 10.2 Å². The molecular weight excluding hydrogens is 464 g/mol. The Balaban J connectivity index is 1.32. The van der Waals surface area contributed by atoms with Gasteiger partial charge in [-0.2, -0.15) is 0 Å². The number of rotatable bonds is 9. The maximum Gasteiger partial charge on any atom is 0.262 e. The fourth-order valence-corrected chi connectivity index (χ4v) is 5.26. The van der Waals surface area contributed by atoms with Crippen LogP contribution in [0.15, 0.2) is 88.9 Å². The molecule has 3 aromatic heterocycles. The number of hydrogen-bond acceptors (Lipinski definition) is 8. The van der Waals surface area contributed by atoms with Gasteiger partial charge in [-0.3, -0.25) is 14.3 Å². The molecule has 170 valence electrons. The summed E-state index contributed by atoms with van der Waals surface area (Å²) in [5, 5.41) is 14.8. The first-order chi connectivity index (χ1) is 16.8. The van der Waals surface area contributed by atoms with Crippen LogP contribution in [0.25, 0.3) is 10.9 Å². The van der Waals surface area contributed by atoms with Gasteiger partial charge in [0.15, 0.2) is 5.16 Å². The first-order valence-electron chi connectivity index (χ1n) is 10.9. The Labute approximate surface area is 204 Å².